The molecule has 2 heterocycles. The lowest BCUT2D eigenvalue weighted by Crippen LogP contribution is -2.34. The molecule has 0 aromatic carbocycles. The quantitative estimate of drug-likeness (QED) is 0.861. The smallest absolute Gasteiger partial charge is 0.320 e. The van der Waals surface area contributed by atoms with E-state index in [1.807, 2.05) is 30.0 Å². The molecule has 1 aliphatic rings. The first-order chi connectivity index (χ1) is 7.74. The minimum Gasteiger partial charge on any atom is -0.321 e. The summed E-state index contributed by atoms with van der Waals surface area (Å²) in [5.74, 6) is 0. The van der Waals surface area contributed by atoms with Crippen molar-refractivity contribution in [2.24, 2.45) is 0 Å². The maximum atomic E-state index is 11.9. The number of hydrogen-bond donors (Lipinski definition) is 1. The predicted molar refractivity (Wildman–Crippen MR) is 65.7 cm³/mol. The lowest BCUT2D eigenvalue weighted by atomic mass is 10.2. The summed E-state index contributed by atoms with van der Waals surface area (Å²) in [5.41, 5.74) is 0. The average molecular weight is 239 g/mol. The molecule has 1 fully saturated rings. The molecule has 1 atom stereocenters. The van der Waals surface area contributed by atoms with E-state index in [0.29, 0.717) is 0 Å². The summed E-state index contributed by atoms with van der Waals surface area (Å²) in [6.07, 6.45) is 0. The van der Waals surface area contributed by atoms with E-state index in [1.54, 1.807) is 11.3 Å². The number of carbonyl (C=O) groups is 1. The highest BCUT2D eigenvalue weighted by molar-refractivity contribution is 7.10. The zero-order valence-electron chi connectivity index (χ0n) is 9.64. The van der Waals surface area contributed by atoms with Crippen molar-refractivity contribution in [1.29, 1.82) is 0 Å². The van der Waals surface area contributed by atoms with Crippen LogP contribution < -0.4 is 5.32 Å². The molecule has 1 N–H and O–H groups in total. The molecular formula is C11H17N3OS. The Morgan fingerprint density at radius 2 is 2.44 bits per heavy atom. The van der Waals surface area contributed by atoms with Gasteiger partial charge in [0.1, 0.15) is 0 Å². The largest absolute Gasteiger partial charge is 0.321 e. The molecule has 0 bridgehead atoms. The summed E-state index contributed by atoms with van der Waals surface area (Å²) in [7, 11) is 3.78. The molecule has 2 amide bonds. The van der Waals surface area contributed by atoms with Crippen LogP contribution in [-0.4, -0.2) is 49.6 Å². The third kappa shape index (κ3) is 2.05. The van der Waals surface area contributed by atoms with Crippen molar-refractivity contribution < 1.29 is 4.79 Å². The van der Waals surface area contributed by atoms with Crippen molar-refractivity contribution in [1.82, 2.24) is 15.1 Å². The van der Waals surface area contributed by atoms with Crippen molar-refractivity contribution in [2.75, 3.05) is 33.7 Å². The number of carbonyl (C=O) groups excluding carboxylic acids is 1. The summed E-state index contributed by atoms with van der Waals surface area (Å²) in [4.78, 5) is 17.0. The fourth-order valence-corrected chi connectivity index (χ4v) is 2.82. The SMILES string of the molecule is CNCCN1CC(c2cccs2)N(C)C1=O. The zero-order valence-corrected chi connectivity index (χ0v) is 10.5. The Hall–Kier alpha value is -1.07. The Kier molecular flexibility index (Phi) is 3.46. The highest BCUT2D eigenvalue weighted by atomic mass is 32.1. The minimum absolute atomic E-state index is 0.133. The normalized spacial score (nSPS) is 20.9. The van der Waals surface area contributed by atoms with Gasteiger partial charge in [0.2, 0.25) is 0 Å². The Bertz CT molecular complexity index is 352. The van der Waals surface area contributed by atoms with Gasteiger partial charge in [0.25, 0.3) is 0 Å². The maximum absolute atomic E-state index is 11.9. The van der Waals surface area contributed by atoms with Crippen molar-refractivity contribution in [3.63, 3.8) is 0 Å². The monoisotopic (exact) mass is 239 g/mol. The van der Waals surface area contributed by atoms with E-state index in [-0.39, 0.29) is 12.1 Å². The van der Waals surface area contributed by atoms with Gasteiger partial charge in [-0.2, -0.15) is 0 Å². The van der Waals surface area contributed by atoms with E-state index in [9.17, 15) is 4.79 Å². The van der Waals surface area contributed by atoms with E-state index >= 15 is 0 Å². The van der Waals surface area contributed by atoms with Crippen molar-refractivity contribution in [3.05, 3.63) is 22.4 Å². The number of amides is 2. The van der Waals surface area contributed by atoms with Crippen LogP contribution in [0.5, 0.6) is 0 Å². The molecule has 0 radical (unpaired) electrons. The van der Waals surface area contributed by atoms with Crippen LogP contribution in [0.2, 0.25) is 0 Å². The summed E-state index contributed by atoms with van der Waals surface area (Å²) < 4.78 is 0. The number of rotatable bonds is 4. The predicted octanol–water partition coefficient (Wildman–Crippen LogP) is 1.38. The molecule has 1 aliphatic heterocycles. The lowest BCUT2D eigenvalue weighted by Gasteiger charge is -2.16. The number of nitrogens with one attached hydrogen (secondary N) is 1. The van der Waals surface area contributed by atoms with E-state index in [1.165, 1.54) is 4.88 Å². The second-order valence-corrected chi connectivity index (χ2v) is 4.95. The highest BCUT2D eigenvalue weighted by Gasteiger charge is 2.35. The van der Waals surface area contributed by atoms with Gasteiger partial charge in [0, 0.05) is 31.6 Å². The Morgan fingerprint density at radius 3 is 3.06 bits per heavy atom. The fraction of sp³-hybridized carbons (Fsp3) is 0.545. The fourth-order valence-electron chi connectivity index (χ4n) is 1.96. The molecule has 1 saturated heterocycles. The summed E-state index contributed by atoms with van der Waals surface area (Å²) in [5, 5.41) is 5.13. The molecule has 0 aliphatic carbocycles. The van der Waals surface area contributed by atoms with Crippen LogP contribution in [0.3, 0.4) is 0 Å². The highest BCUT2D eigenvalue weighted by Crippen LogP contribution is 2.30. The van der Waals surface area contributed by atoms with Gasteiger partial charge >= 0.3 is 6.03 Å². The van der Waals surface area contributed by atoms with Gasteiger partial charge in [0.05, 0.1) is 6.04 Å². The lowest BCUT2D eigenvalue weighted by molar-refractivity contribution is 0.196. The Balaban J connectivity index is 2.05. The van der Waals surface area contributed by atoms with Crippen LogP contribution in [-0.2, 0) is 0 Å². The molecule has 16 heavy (non-hydrogen) atoms. The third-order valence-corrected chi connectivity index (χ3v) is 3.91. The molecule has 5 heteroatoms. The van der Waals surface area contributed by atoms with Crippen LogP contribution in [0.4, 0.5) is 4.79 Å². The first kappa shape index (κ1) is 11.4. The van der Waals surface area contributed by atoms with Crippen molar-refractivity contribution >= 4 is 17.4 Å². The van der Waals surface area contributed by atoms with E-state index < -0.39 is 0 Å². The van der Waals surface area contributed by atoms with Crippen LogP contribution in [0.15, 0.2) is 17.5 Å². The molecular weight excluding hydrogens is 222 g/mol. The number of thiophene rings is 1. The first-order valence-corrected chi connectivity index (χ1v) is 6.31. The molecule has 1 unspecified atom stereocenters. The van der Waals surface area contributed by atoms with Gasteiger partial charge < -0.3 is 15.1 Å². The van der Waals surface area contributed by atoms with Crippen LogP contribution in [0.1, 0.15) is 10.9 Å². The van der Waals surface area contributed by atoms with E-state index in [2.05, 4.69) is 16.8 Å². The van der Waals surface area contributed by atoms with Gasteiger partial charge in [-0.1, -0.05) is 6.07 Å². The number of likely N-dealkylation sites (N-methyl/N-ethyl adjacent to an activating group) is 2. The topological polar surface area (TPSA) is 35.6 Å². The molecule has 1 aromatic heterocycles. The number of hydrogen-bond acceptors (Lipinski definition) is 3. The molecule has 4 nitrogen and oxygen atoms in total. The van der Waals surface area contributed by atoms with Gasteiger partial charge in [0.15, 0.2) is 0 Å². The maximum Gasteiger partial charge on any atom is 0.320 e. The molecule has 88 valence electrons. The summed E-state index contributed by atoms with van der Waals surface area (Å²) in [6, 6.07) is 4.49. The zero-order chi connectivity index (χ0) is 11.5. The van der Waals surface area contributed by atoms with Gasteiger partial charge in [-0.3, -0.25) is 0 Å². The summed E-state index contributed by atoms with van der Waals surface area (Å²) >= 11 is 1.72. The standard InChI is InChI=1S/C11H17N3OS/c1-12-5-6-14-8-9(13(2)11(14)15)10-4-3-7-16-10/h3-4,7,9,12H,5-6,8H2,1-2H3. The second kappa shape index (κ2) is 4.84. The van der Waals surface area contributed by atoms with Gasteiger partial charge in [-0.25, -0.2) is 4.79 Å². The number of nitrogens with zero attached hydrogens (tertiary/aromatic N) is 2. The van der Waals surface area contributed by atoms with Crippen LogP contribution in [0, 0.1) is 0 Å². The number of urea groups is 1. The average Bonchev–Trinajstić information content (AvgIpc) is 2.88. The van der Waals surface area contributed by atoms with E-state index in [0.717, 1.165) is 19.6 Å². The molecule has 0 saturated carbocycles. The van der Waals surface area contributed by atoms with Crippen LogP contribution in [0.25, 0.3) is 0 Å². The Labute approximate surface area is 99.9 Å². The minimum atomic E-state index is 0.133. The molecule has 2 rings (SSSR count). The van der Waals surface area contributed by atoms with Crippen LogP contribution >= 0.6 is 11.3 Å². The van der Waals surface area contributed by atoms with E-state index in [4.69, 9.17) is 0 Å². The van der Waals surface area contributed by atoms with Gasteiger partial charge in [-0.05, 0) is 18.5 Å². The van der Waals surface area contributed by atoms with Crippen molar-refractivity contribution in [3.8, 4) is 0 Å². The second-order valence-electron chi connectivity index (χ2n) is 3.97. The molecule has 0 spiro atoms. The summed E-state index contributed by atoms with van der Waals surface area (Å²) in [6.45, 7) is 2.43. The first-order valence-electron chi connectivity index (χ1n) is 5.43. The third-order valence-electron chi connectivity index (χ3n) is 2.94. The van der Waals surface area contributed by atoms with Crippen molar-refractivity contribution in [2.45, 2.75) is 6.04 Å². The van der Waals surface area contributed by atoms with Gasteiger partial charge in [-0.15, -0.1) is 11.3 Å². The molecule has 1 aromatic rings. The Morgan fingerprint density at radius 1 is 1.62 bits per heavy atom.